The molecular formula is C12H12Li2N2O4S2. The SMILES string of the molecule is N=S(=O)([O-])c1ccccc1.N=S(=O)([O-])c1ccccc1.[Li+].[Li+]. The van der Waals surface area contributed by atoms with Gasteiger partial charge >= 0.3 is 37.7 Å². The number of nitrogens with one attached hydrogen (secondary N) is 2. The molecule has 0 spiro atoms. The van der Waals surface area contributed by atoms with Gasteiger partial charge in [-0.2, -0.15) is 0 Å². The maximum absolute atomic E-state index is 10.5. The van der Waals surface area contributed by atoms with Gasteiger partial charge in [0.15, 0.2) is 0 Å². The zero-order chi connectivity index (χ0) is 15.2. The van der Waals surface area contributed by atoms with Crippen molar-refractivity contribution in [2.75, 3.05) is 0 Å². The summed E-state index contributed by atoms with van der Waals surface area (Å²) < 4.78 is 55.3. The van der Waals surface area contributed by atoms with Gasteiger partial charge in [-0.3, -0.25) is 18.0 Å². The molecule has 0 radical (unpaired) electrons. The van der Waals surface area contributed by atoms with Crippen LogP contribution < -0.4 is 37.7 Å². The fraction of sp³-hybridized carbons (Fsp3) is 0. The summed E-state index contributed by atoms with van der Waals surface area (Å²) in [5.74, 6) is 0. The fourth-order valence-electron chi connectivity index (χ4n) is 1.20. The Hall–Kier alpha value is -0.545. The Labute approximate surface area is 154 Å². The van der Waals surface area contributed by atoms with E-state index >= 15 is 0 Å². The van der Waals surface area contributed by atoms with Crippen LogP contribution in [0.1, 0.15) is 0 Å². The number of rotatable bonds is 2. The molecule has 0 amide bonds. The standard InChI is InChI=1S/2C6H7NO2S.2Li/c2*7-10(8,9)6-4-2-1-3-5-6;;/h2*1-5H,(H2,7,8,9);;/q;;2*+1/p-2. The molecule has 0 heterocycles. The smallest absolute Gasteiger partial charge is 0.760 e. The van der Waals surface area contributed by atoms with Crippen molar-refractivity contribution in [2.45, 2.75) is 9.79 Å². The van der Waals surface area contributed by atoms with E-state index in [2.05, 4.69) is 0 Å². The molecule has 2 N–H and O–H groups in total. The topological polar surface area (TPSA) is 128 Å². The van der Waals surface area contributed by atoms with Crippen LogP contribution >= 0.6 is 0 Å². The van der Waals surface area contributed by atoms with E-state index < -0.39 is 20.0 Å². The van der Waals surface area contributed by atoms with Gasteiger partial charge in [0.1, 0.15) is 0 Å². The summed E-state index contributed by atoms with van der Waals surface area (Å²) in [6, 6.07) is 15.3. The zero-order valence-corrected chi connectivity index (χ0v) is 13.9. The largest absolute Gasteiger partial charge is 1.00 e. The maximum atomic E-state index is 10.5. The van der Waals surface area contributed by atoms with Crippen molar-refractivity contribution in [1.82, 2.24) is 0 Å². The number of benzene rings is 2. The van der Waals surface area contributed by atoms with Gasteiger partial charge in [0.25, 0.3) is 0 Å². The van der Waals surface area contributed by atoms with E-state index in [9.17, 15) is 17.5 Å². The van der Waals surface area contributed by atoms with E-state index in [4.69, 9.17) is 9.56 Å². The van der Waals surface area contributed by atoms with Crippen molar-refractivity contribution >= 4 is 20.0 Å². The quantitative estimate of drug-likeness (QED) is 0.554. The first-order valence-electron chi connectivity index (χ1n) is 5.30. The van der Waals surface area contributed by atoms with E-state index in [0.717, 1.165) is 0 Å². The van der Waals surface area contributed by atoms with E-state index in [-0.39, 0.29) is 47.5 Å². The van der Waals surface area contributed by atoms with Crippen molar-refractivity contribution in [3.05, 3.63) is 60.7 Å². The summed E-state index contributed by atoms with van der Waals surface area (Å²) in [7, 11) is -7.51. The Bertz CT molecular complexity index is 685. The third kappa shape index (κ3) is 8.79. The molecule has 0 aliphatic carbocycles. The Morgan fingerprint density at radius 2 is 0.864 bits per heavy atom. The van der Waals surface area contributed by atoms with Crippen LogP contribution in [0.3, 0.4) is 0 Å². The summed E-state index contributed by atoms with van der Waals surface area (Å²) in [6.45, 7) is 0. The van der Waals surface area contributed by atoms with Crippen molar-refractivity contribution < 1.29 is 55.2 Å². The van der Waals surface area contributed by atoms with Crippen LogP contribution in [0.4, 0.5) is 0 Å². The molecule has 0 aromatic heterocycles. The Morgan fingerprint density at radius 3 is 1.00 bits per heavy atom. The summed E-state index contributed by atoms with van der Waals surface area (Å²) in [5.41, 5.74) is 0. The van der Waals surface area contributed by atoms with Crippen LogP contribution in [0.15, 0.2) is 70.5 Å². The minimum absolute atomic E-state index is 0. The molecule has 2 atom stereocenters. The number of hydrogen-bond donors (Lipinski definition) is 2. The van der Waals surface area contributed by atoms with E-state index in [1.807, 2.05) is 0 Å². The van der Waals surface area contributed by atoms with Gasteiger partial charge in [-0.25, -0.2) is 0 Å². The molecule has 108 valence electrons. The van der Waals surface area contributed by atoms with Crippen molar-refractivity contribution in [3.8, 4) is 0 Å². The minimum atomic E-state index is -3.75. The molecule has 0 saturated carbocycles. The molecule has 10 heteroatoms. The third-order valence-electron chi connectivity index (χ3n) is 2.11. The summed E-state index contributed by atoms with van der Waals surface area (Å²) in [6.07, 6.45) is 0. The average Bonchev–Trinajstić information content (AvgIpc) is 2.40. The maximum Gasteiger partial charge on any atom is 1.00 e. The molecule has 6 nitrogen and oxygen atoms in total. The molecule has 0 bridgehead atoms. The molecule has 2 unspecified atom stereocenters. The molecule has 22 heavy (non-hydrogen) atoms. The van der Waals surface area contributed by atoms with Gasteiger partial charge in [0.05, 0.1) is 0 Å². The van der Waals surface area contributed by atoms with Crippen molar-refractivity contribution in [2.24, 2.45) is 0 Å². The molecule has 0 fully saturated rings. The first-order valence-corrected chi connectivity index (χ1v) is 8.27. The normalized spacial score (nSPS) is 14.6. The molecule has 2 rings (SSSR count). The van der Waals surface area contributed by atoms with Gasteiger partial charge in [-0.1, -0.05) is 36.4 Å². The second kappa shape index (κ2) is 10.3. The van der Waals surface area contributed by atoms with Gasteiger partial charge in [-0.05, 0) is 24.3 Å². The van der Waals surface area contributed by atoms with Gasteiger partial charge in [0, 0.05) is 29.8 Å². The summed E-state index contributed by atoms with van der Waals surface area (Å²) in [4.78, 5) is 0.0741. The van der Waals surface area contributed by atoms with Crippen LogP contribution in [0, 0.1) is 9.56 Å². The molecule has 0 saturated heterocycles. The second-order valence-corrected chi connectivity index (χ2v) is 6.59. The molecule has 0 aliphatic rings. The first-order chi connectivity index (χ1) is 9.21. The average molecular weight is 326 g/mol. The second-order valence-electron chi connectivity index (χ2n) is 3.63. The van der Waals surface area contributed by atoms with Crippen LogP contribution in [0.5, 0.6) is 0 Å². The summed E-state index contributed by atoms with van der Waals surface area (Å²) in [5, 5.41) is 0. The monoisotopic (exact) mass is 326 g/mol. The third-order valence-corrected chi connectivity index (χ3v) is 3.89. The van der Waals surface area contributed by atoms with E-state index in [1.165, 1.54) is 24.3 Å². The van der Waals surface area contributed by atoms with Crippen LogP contribution in [0.25, 0.3) is 0 Å². The molecule has 0 aliphatic heterocycles. The van der Waals surface area contributed by atoms with Crippen molar-refractivity contribution in [3.63, 3.8) is 0 Å². The summed E-state index contributed by atoms with van der Waals surface area (Å²) >= 11 is 0. The Kier molecular flexibility index (Phi) is 11.1. The van der Waals surface area contributed by atoms with Gasteiger partial charge in [0.2, 0.25) is 0 Å². The van der Waals surface area contributed by atoms with Crippen LogP contribution in [-0.4, -0.2) is 17.5 Å². The molecule has 2 aromatic rings. The van der Waals surface area contributed by atoms with Gasteiger partial charge in [-0.15, -0.1) is 0 Å². The Morgan fingerprint density at radius 1 is 0.636 bits per heavy atom. The van der Waals surface area contributed by atoms with E-state index in [1.54, 1.807) is 36.4 Å². The van der Waals surface area contributed by atoms with Crippen LogP contribution in [0.2, 0.25) is 0 Å². The van der Waals surface area contributed by atoms with Crippen LogP contribution in [-0.2, 0) is 20.0 Å². The predicted octanol–water partition coefficient (Wildman–Crippen LogP) is -3.55. The van der Waals surface area contributed by atoms with Crippen molar-refractivity contribution in [1.29, 1.82) is 9.56 Å². The molecular weight excluding hydrogens is 314 g/mol. The molecule has 2 aromatic carbocycles. The van der Waals surface area contributed by atoms with E-state index in [0.29, 0.717) is 0 Å². The predicted molar refractivity (Wildman–Crippen MR) is 72.7 cm³/mol. The fourth-order valence-corrected chi connectivity index (χ4v) is 2.23. The van der Waals surface area contributed by atoms with Gasteiger partial charge < -0.3 is 9.11 Å². The first kappa shape index (κ1) is 23.7. The number of hydrogen-bond acceptors (Lipinski definition) is 6. The Balaban J connectivity index is 0. The minimum Gasteiger partial charge on any atom is -0.760 e. The zero-order valence-electron chi connectivity index (χ0n) is 12.2.